The maximum absolute atomic E-state index is 13.4. The van der Waals surface area contributed by atoms with Gasteiger partial charge >= 0.3 is 17.8 Å². The minimum absolute atomic E-state index is 0.0305. The molecule has 0 saturated carbocycles. The van der Waals surface area contributed by atoms with E-state index in [9.17, 15) is 24.3 Å². The molecular weight excluding hydrogens is 642 g/mol. The third-order valence-electron chi connectivity index (χ3n) is 8.62. The second-order valence-electron chi connectivity index (χ2n) is 11.7. The van der Waals surface area contributed by atoms with Crippen LogP contribution in [0.3, 0.4) is 0 Å². The molecule has 4 aromatic carbocycles. The van der Waals surface area contributed by atoms with Gasteiger partial charge in [0, 0.05) is 17.7 Å². The largest absolute Gasteiger partial charge is 0.508 e. The molecule has 7 rings (SSSR count). The van der Waals surface area contributed by atoms with Crippen LogP contribution in [0.1, 0.15) is 44.0 Å². The van der Waals surface area contributed by atoms with Crippen LogP contribution in [-0.2, 0) is 18.9 Å². The van der Waals surface area contributed by atoms with Gasteiger partial charge in [0.05, 0.1) is 12.2 Å². The third kappa shape index (κ3) is 6.62. The van der Waals surface area contributed by atoms with E-state index in [1.807, 2.05) is 48.5 Å². The molecule has 5 aromatic rings. The minimum Gasteiger partial charge on any atom is -0.452 e. The number of carbonyl (C=O) groups excluding carboxylic acids is 3. The van der Waals surface area contributed by atoms with Crippen LogP contribution in [0.4, 0.5) is 10.6 Å². The number of rotatable bonds is 8. The number of aromatic nitrogens is 2. The normalized spacial score (nSPS) is 19.5. The Morgan fingerprint density at radius 1 is 0.780 bits per heavy atom. The van der Waals surface area contributed by atoms with Gasteiger partial charge in [0.1, 0.15) is 18.5 Å². The molecule has 0 bridgehead atoms. The first kappa shape index (κ1) is 32.4. The highest BCUT2D eigenvalue weighted by molar-refractivity contribution is 6.03. The highest BCUT2D eigenvalue weighted by Crippen LogP contribution is 2.44. The summed E-state index contributed by atoms with van der Waals surface area (Å²) < 4.78 is 23.9. The predicted octanol–water partition coefficient (Wildman–Crippen LogP) is 4.95. The third-order valence-corrected chi connectivity index (χ3v) is 8.62. The number of nitrogens with one attached hydrogen (secondary N) is 1. The molecule has 1 fully saturated rings. The van der Waals surface area contributed by atoms with E-state index in [2.05, 4.69) is 10.3 Å². The topological polar surface area (TPSA) is 155 Å². The standard InChI is InChI=1S/C38H31N3O9/c42-30-22-47-35(41-20-19-31(40-37(41)45)39-34(43)23-11-3-1-4-12-23)33(32(30)49-36(44)24-13-5-2-6-14-24)50-38(46)48-21-29-27-17-9-7-15-25(27)26-16-8-10-18-28(26)29/h1-20,29-30,32-33,35,42H,21-22H2,(H,39,40,43,45)/t30-,32-,33+,35+/m0/s1. The Hall–Kier alpha value is -6.11. The molecule has 0 unspecified atom stereocenters. The van der Waals surface area contributed by atoms with Crippen molar-refractivity contribution in [2.75, 3.05) is 18.5 Å². The van der Waals surface area contributed by atoms with Crippen LogP contribution in [0.15, 0.2) is 126 Å². The summed E-state index contributed by atoms with van der Waals surface area (Å²) in [6.45, 7) is -0.444. The van der Waals surface area contributed by atoms with Gasteiger partial charge < -0.3 is 29.4 Å². The second kappa shape index (κ2) is 14.2. The zero-order valence-corrected chi connectivity index (χ0v) is 26.5. The van der Waals surface area contributed by atoms with Gasteiger partial charge in [-0.2, -0.15) is 4.98 Å². The van der Waals surface area contributed by atoms with Gasteiger partial charge in [0.2, 0.25) is 0 Å². The van der Waals surface area contributed by atoms with Crippen molar-refractivity contribution in [3.05, 3.63) is 154 Å². The van der Waals surface area contributed by atoms with E-state index < -0.39 is 48.3 Å². The maximum Gasteiger partial charge on any atom is 0.508 e. The summed E-state index contributed by atoms with van der Waals surface area (Å²) in [4.78, 5) is 56.5. The van der Waals surface area contributed by atoms with Crippen LogP contribution in [0, 0.1) is 0 Å². The SMILES string of the molecule is O=C(OCC1c2ccccc2-c2ccccc21)O[C@@H]1[C@@H](OC(=O)c2ccccc2)[C@@H](O)CO[C@H]1n1ccc(NC(=O)c2ccccc2)nc1=O. The Bertz CT molecular complexity index is 2040. The van der Waals surface area contributed by atoms with Crippen molar-refractivity contribution >= 4 is 23.8 Å². The molecule has 1 aliphatic carbocycles. The van der Waals surface area contributed by atoms with E-state index >= 15 is 0 Å². The zero-order valence-electron chi connectivity index (χ0n) is 26.5. The summed E-state index contributed by atoms with van der Waals surface area (Å²) >= 11 is 0. The zero-order chi connectivity index (χ0) is 34.6. The molecule has 0 spiro atoms. The van der Waals surface area contributed by atoms with Crippen LogP contribution in [0.5, 0.6) is 0 Å². The van der Waals surface area contributed by atoms with E-state index in [1.54, 1.807) is 48.5 Å². The summed E-state index contributed by atoms with van der Waals surface area (Å²) in [6.07, 6.45) is -5.68. The number of aliphatic hydroxyl groups excluding tert-OH is 1. The molecule has 12 heteroatoms. The lowest BCUT2D eigenvalue weighted by molar-refractivity contribution is -0.216. The van der Waals surface area contributed by atoms with E-state index in [0.717, 1.165) is 26.8 Å². The molecule has 1 aromatic heterocycles. The first-order valence-electron chi connectivity index (χ1n) is 15.9. The fourth-order valence-corrected chi connectivity index (χ4v) is 6.23. The number of carbonyl (C=O) groups is 3. The Morgan fingerprint density at radius 2 is 1.38 bits per heavy atom. The molecule has 2 aliphatic rings. The van der Waals surface area contributed by atoms with Crippen molar-refractivity contribution < 1.29 is 38.4 Å². The van der Waals surface area contributed by atoms with E-state index in [0.29, 0.717) is 5.56 Å². The number of aliphatic hydroxyl groups is 1. The number of ether oxygens (including phenoxy) is 4. The first-order chi connectivity index (χ1) is 24.4. The number of nitrogens with zero attached hydrogens (tertiary/aromatic N) is 2. The van der Waals surface area contributed by atoms with E-state index in [-0.39, 0.29) is 30.5 Å². The van der Waals surface area contributed by atoms with Gasteiger partial charge in [-0.25, -0.2) is 14.4 Å². The second-order valence-corrected chi connectivity index (χ2v) is 11.7. The van der Waals surface area contributed by atoms with Crippen LogP contribution in [0.25, 0.3) is 11.1 Å². The van der Waals surface area contributed by atoms with Crippen LogP contribution in [-0.4, -0.2) is 64.2 Å². The number of fused-ring (bicyclic) bond motifs is 3. The van der Waals surface area contributed by atoms with Crippen molar-refractivity contribution in [1.29, 1.82) is 0 Å². The summed E-state index contributed by atoms with van der Waals surface area (Å²) in [5.74, 6) is -1.56. The number of amides is 1. The van der Waals surface area contributed by atoms with Crippen molar-refractivity contribution in [2.45, 2.75) is 30.5 Å². The molecule has 1 amide bonds. The van der Waals surface area contributed by atoms with Gasteiger partial charge in [0.25, 0.3) is 5.91 Å². The van der Waals surface area contributed by atoms with Gasteiger partial charge in [-0.1, -0.05) is 84.9 Å². The lowest BCUT2D eigenvalue weighted by Crippen LogP contribution is -2.55. The van der Waals surface area contributed by atoms with E-state index in [1.165, 1.54) is 24.4 Å². The number of anilines is 1. The molecule has 2 N–H and O–H groups in total. The Morgan fingerprint density at radius 3 is 2.02 bits per heavy atom. The Labute approximate surface area is 285 Å². The summed E-state index contributed by atoms with van der Waals surface area (Å²) in [6, 6.07) is 33.5. The fraction of sp³-hybridized carbons (Fsp3) is 0.184. The first-order valence-corrected chi connectivity index (χ1v) is 15.9. The van der Waals surface area contributed by atoms with Crippen LogP contribution < -0.4 is 11.0 Å². The van der Waals surface area contributed by atoms with Crippen molar-refractivity contribution in [3.8, 4) is 11.1 Å². The van der Waals surface area contributed by atoms with Gasteiger partial charge in [-0.3, -0.25) is 9.36 Å². The molecule has 2 heterocycles. The van der Waals surface area contributed by atoms with Crippen LogP contribution in [0.2, 0.25) is 0 Å². The van der Waals surface area contributed by atoms with Crippen LogP contribution >= 0.6 is 0 Å². The molecule has 252 valence electrons. The van der Waals surface area contributed by atoms with Gasteiger partial charge in [0.15, 0.2) is 18.4 Å². The highest BCUT2D eigenvalue weighted by Gasteiger charge is 2.47. The number of benzene rings is 4. The smallest absolute Gasteiger partial charge is 0.452 e. The average Bonchev–Trinajstić information content (AvgIpc) is 3.46. The summed E-state index contributed by atoms with van der Waals surface area (Å²) in [7, 11) is 0. The molecular formula is C38H31N3O9. The minimum atomic E-state index is -1.55. The summed E-state index contributed by atoms with van der Waals surface area (Å²) in [5, 5.41) is 13.5. The molecule has 1 aliphatic heterocycles. The predicted molar refractivity (Wildman–Crippen MR) is 179 cm³/mol. The Kier molecular flexibility index (Phi) is 9.19. The molecule has 12 nitrogen and oxygen atoms in total. The lowest BCUT2D eigenvalue weighted by atomic mass is 9.98. The van der Waals surface area contributed by atoms with E-state index in [4.69, 9.17) is 18.9 Å². The average molecular weight is 674 g/mol. The van der Waals surface area contributed by atoms with Crippen molar-refractivity contribution in [2.24, 2.45) is 0 Å². The van der Waals surface area contributed by atoms with Crippen molar-refractivity contribution in [1.82, 2.24) is 9.55 Å². The molecule has 4 atom stereocenters. The van der Waals surface area contributed by atoms with Gasteiger partial charge in [-0.15, -0.1) is 0 Å². The quantitative estimate of drug-likeness (QED) is 0.216. The summed E-state index contributed by atoms with van der Waals surface area (Å²) in [5.41, 5.74) is 3.74. The number of hydrogen-bond acceptors (Lipinski definition) is 10. The van der Waals surface area contributed by atoms with Gasteiger partial charge in [-0.05, 0) is 52.6 Å². The molecule has 0 radical (unpaired) electrons. The Balaban J connectivity index is 1.14. The lowest BCUT2D eigenvalue weighted by Gasteiger charge is -2.39. The maximum atomic E-state index is 13.4. The molecule has 1 saturated heterocycles. The monoisotopic (exact) mass is 673 g/mol. The van der Waals surface area contributed by atoms with Crippen molar-refractivity contribution in [3.63, 3.8) is 0 Å². The highest BCUT2D eigenvalue weighted by atomic mass is 16.7. The molecule has 50 heavy (non-hydrogen) atoms. The number of hydrogen-bond donors (Lipinski definition) is 2. The number of esters is 1. The fourth-order valence-electron chi connectivity index (χ4n) is 6.23.